The van der Waals surface area contributed by atoms with E-state index in [0.717, 1.165) is 10.4 Å². The summed E-state index contributed by atoms with van der Waals surface area (Å²) in [4.78, 5) is 12.1. The largest absolute Gasteiger partial charge is 0.478 e. The van der Waals surface area contributed by atoms with E-state index in [1.165, 1.54) is 11.3 Å². The number of fused-ring (bicyclic) bond motifs is 1. The van der Waals surface area contributed by atoms with Gasteiger partial charge in [0.1, 0.15) is 0 Å². The van der Waals surface area contributed by atoms with E-state index in [1.807, 2.05) is 27.7 Å². The zero-order valence-corrected chi connectivity index (χ0v) is 10.1. The number of hydrogen-bond donors (Lipinski definition) is 1. The quantitative estimate of drug-likeness (QED) is 0.800. The van der Waals surface area contributed by atoms with Crippen molar-refractivity contribution in [2.75, 3.05) is 0 Å². The van der Waals surface area contributed by atoms with Crippen molar-refractivity contribution in [1.29, 1.82) is 0 Å². The predicted octanol–water partition coefficient (Wildman–Crippen LogP) is 2.95. The van der Waals surface area contributed by atoms with Crippen LogP contribution in [0.5, 0.6) is 0 Å². The first-order chi connectivity index (χ1) is 6.76. The van der Waals surface area contributed by atoms with Crippen LogP contribution in [0.25, 0.3) is 0 Å². The Hall–Kier alpha value is -0.870. The van der Waals surface area contributed by atoms with E-state index in [9.17, 15) is 4.79 Å². The molecule has 0 amide bonds. The molecule has 0 atom stereocenters. The minimum Gasteiger partial charge on any atom is -0.478 e. The number of thiophene rings is 1. The van der Waals surface area contributed by atoms with Crippen LogP contribution in [0.15, 0.2) is 5.38 Å². The standard InChI is InChI=1S/C11H14O3S/c1-10(2)7-6(9(12)13)5-15-8(7)11(3,4)14-10/h5H,1-4H3,(H,12,13). The monoisotopic (exact) mass is 226 g/mol. The molecule has 0 aromatic carbocycles. The SMILES string of the molecule is CC1(C)OC(C)(C)c2c(C(=O)O)csc21. The van der Waals surface area contributed by atoms with Crippen molar-refractivity contribution in [1.82, 2.24) is 0 Å². The summed E-state index contributed by atoms with van der Waals surface area (Å²) in [6.07, 6.45) is 0. The smallest absolute Gasteiger partial charge is 0.336 e. The summed E-state index contributed by atoms with van der Waals surface area (Å²) in [5.74, 6) is -0.873. The lowest BCUT2D eigenvalue weighted by molar-refractivity contribution is -0.104. The van der Waals surface area contributed by atoms with Crippen LogP contribution in [0.1, 0.15) is 48.5 Å². The van der Waals surface area contributed by atoms with Crippen LogP contribution in [0.2, 0.25) is 0 Å². The van der Waals surface area contributed by atoms with E-state index in [-0.39, 0.29) is 5.60 Å². The van der Waals surface area contributed by atoms with Gasteiger partial charge in [0.25, 0.3) is 0 Å². The molecule has 0 saturated heterocycles. The van der Waals surface area contributed by atoms with Crippen molar-refractivity contribution in [2.45, 2.75) is 38.9 Å². The third-order valence-electron chi connectivity index (χ3n) is 2.68. The Morgan fingerprint density at radius 3 is 2.47 bits per heavy atom. The van der Waals surface area contributed by atoms with Crippen molar-refractivity contribution in [3.05, 3.63) is 21.4 Å². The van der Waals surface area contributed by atoms with E-state index in [4.69, 9.17) is 9.84 Å². The number of rotatable bonds is 1. The van der Waals surface area contributed by atoms with Crippen LogP contribution in [-0.2, 0) is 15.9 Å². The highest BCUT2D eigenvalue weighted by Crippen LogP contribution is 2.50. The van der Waals surface area contributed by atoms with Gasteiger partial charge in [-0.15, -0.1) is 11.3 Å². The molecule has 0 radical (unpaired) electrons. The normalized spacial score (nSPS) is 21.3. The molecule has 1 aliphatic rings. The molecule has 15 heavy (non-hydrogen) atoms. The highest BCUT2D eigenvalue weighted by molar-refractivity contribution is 7.10. The van der Waals surface area contributed by atoms with Crippen molar-refractivity contribution in [2.24, 2.45) is 0 Å². The molecule has 1 N–H and O–H groups in total. The Labute approximate surface area is 92.7 Å². The van der Waals surface area contributed by atoms with Crippen molar-refractivity contribution in [3.8, 4) is 0 Å². The summed E-state index contributed by atoms with van der Waals surface area (Å²) in [7, 11) is 0. The minimum atomic E-state index is -0.873. The molecule has 82 valence electrons. The average molecular weight is 226 g/mol. The second kappa shape index (κ2) is 2.83. The Bertz CT molecular complexity index is 429. The molecule has 0 unspecified atom stereocenters. The molecule has 0 aliphatic carbocycles. The number of ether oxygens (including phenoxy) is 1. The number of carbonyl (C=O) groups is 1. The summed E-state index contributed by atoms with van der Waals surface area (Å²) < 4.78 is 5.88. The van der Waals surface area contributed by atoms with Gasteiger partial charge in [-0.3, -0.25) is 0 Å². The molecule has 2 rings (SSSR count). The van der Waals surface area contributed by atoms with Gasteiger partial charge in [-0.2, -0.15) is 0 Å². The number of hydrogen-bond acceptors (Lipinski definition) is 3. The molecular weight excluding hydrogens is 212 g/mol. The maximum atomic E-state index is 11.1. The van der Waals surface area contributed by atoms with Gasteiger partial charge >= 0.3 is 5.97 Å². The number of carboxylic acids is 1. The Kier molecular flexibility index (Phi) is 2.01. The van der Waals surface area contributed by atoms with E-state index in [0.29, 0.717) is 5.56 Å². The summed E-state index contributed by atoms with van der Waals surface area (Å²) in [6, 6.07) is 0. The van der Waals surface area contributed by atoms with Crippen LogP contribution >= 0.6 is 11.3 Å². The molecule has 4 heteroatoms. The summed E-state index contributed by atoms with van der Waals surface area (Å²) in [5, 5.41) is 10.8. The zero-order chi connectivity index (χ0) is 11.4. The fourth-order valence-corrected chi connectivity index (χ4v) is 3.54. The van der Waals surface area contributed by atoms with Gasteiger partial charge < -0.3 is 9.84 Å². The van der Waals surface area contributed by atoms with E-state index in [1.54, 1.807) is 5.38 Å². The molecule has 1 aromatic heterocycles. The van der Waals surface area contributed by atoms with Gasteiger partial charge in [0, 0.05) is 15.8 Å². The molecule has 0 saturated carbocycles. The lowest BCUT2D eigenvalue weighted by Crippen LogP contribution is -2.23. The third-order valence-corrected chi connectivity index (χ3v) is 3.97. The molecule has 2 heterocycles. The maximum absolute atomic E-state index is 11.1. The van der Waals surface area contributed by atoms with E-state index >= 15 is 0 Å². The molecule has 1 aromatic rings. The molecule has 0 bridgehead atoms. The van der Waals surface area contributed by atoms with Gasteiger partial charge in [0.2, 0.25) is 0 Å². The van der Waals surface area contributed by atoms with Crippen molar-refractivity contribution in [3.63, 3.8) is 0 Å². The minimum absolute atomic E-state index is 0.378. The summed E-state index contributed by atoms with van der Waals surface area (Å²) >= 11 is 1.47. The molecule has 1 aliphatic heterocycles. The fraction of sp³-hybridized carbons (Fsp3) is 0.545. The highest BCUT2D eigenvalue weighted by atomic mass is 32.1. The van der Waals surface area contributed by atoms with E-state index < -0.39 is 11.6 Å². The highest BCUT2D eigenvalue weighted by Gasteiger charge is 2.46. The van der Waals surface area contributed by atoms with Gasteiger partial charge in [0.05, 0.1) is 16.8 Å². The third kappa shape index (κ3) is 1.40. The van der Waals surface area contributed by atoms with Gasteiger partial charge in [-0.05, 0) is 27.7 Å². The van der Waals surface area contributed by atoms with E-state index in [2.05, 4.69) is 0 Å². The second-order valence-corrected chi connectivity index (χ2v) is 5.66. The average Bonchev–Trinajstić information content (AvgIpc) is 2.50. The maximum Gasteiger partial charge on any atom is 0.336 e. The Morgan fingerprint density at radius 2 is 1.93 bits per heavy atom. The topological polar surface area (TPSA) is 46.5 Å². The lowest BCUT2D eigenvalue weighted by atomic mass is 9.94. The Balaban J connectivity index is 2.68. The lowest BCUT2D eigenvalue weighted by Gasteiger charge is -2.25. The van der Waals surface area contributed by atoms with Crippen LogP contribution < -0.4 is 0 Å². The fourth-order valence-electron chi connectivity index (χ4n) is 2.29. The van der Waals surface area contributed by atoms with Gasteiger partial charge in [0.15, 0.2) is 0 Å². The van der Waals surface area contributed by atoms with Crippen LogP contribution in [0.4, 0.5) is 0 Å². The summed E-state index contributed by atoms with van der Waals surface area (Å²) in [6.45, 7) is 7.78. The first kappa shape index (κ1) is 10.6. The number of carboxylic acid groups (broad SMARTS) is 1. The van der Waals surface area contributed by atoms with Crippen molar-refractivity contribution < 1.29 is 14.6 Å². The molecule has 0 fully saturated rings. The predicted molar refractivity (Wildman–Crippen MR) is 58.4 cm³/mol. The first-order valence-corrected chi connectivity index (χ1v) is 5.69. The summed E-state index contributed by atoms with van der Waals surface area (Å²) in [5.41, 5.74) is 0.333. The van der Waals surface area contributed by atoms with Crippen LogP contribution in [0.3, 0.4) is 0 Å². The second-order valence-electron chi connectivity index (χ2n) is 4.78. The molecular formula is C11H14O3S. The van der Waals surface area contributed by atoms with Crippen molar-refractivity contribution >= 4 is 17.3 Å². The van der Waals surface area contributed by atoms with Crippen LogP contribution in [-0.4, -0.2) is 11.1 Å². The number of aromatic carboxylic acids is 1. The Morgan fingerprint density at radius 1 is 1.33 bits per heavy atom. The zero-order valence-electron chi connectivity index (χ0n) is 9.25. The molecule has 0 spiro atoms. The van der Waals surface area contributed by atoms with Gasteiger partial charge in [-0.1, -0.05) is 0 Å². The molecule has 3 nitrogen and oxygen atoms in total. The van der Waals surface area contributed by atoms with Crippen LogP contribution in [0, 0.1) is 0 Å². The van der Waals surface area contributed by atoms with Gasteiger partial charge in [-0.25, -0.2) is 4.79 Å². The first-order valence-electron chi connectivity index (χ1n) is 4.81.